The van der Waals surface area contributed by atoms with E-state index in [0.717, 1.165) is 12.0 Å². The molecule has 0 bridgehead atoms. The molecule has 0 aromatic heterocycles. The minimum atomic E-state index is -0.504. The number of rotatable bonds is 2. The van der Waals surface area contributed by atoms with Crippen LogP contribution in [0, 0.1) is 5.92 Å². The van der Waals surface area contributed by atoms with Crippen LogP contribution in [0.3, 0.4) is 0 Å². The average molecular weight is 168 g/mol. The third-order valence-electron chi connectivity index (χ3n) is 2.46. The van der Waals surface area contributed by atoms with Crippen molar-refractivity contribution in [2.45, 2.75) is 32.0 Å². The van der Waals surface area contributed by atoms with Crippen LogP contribution in [0.4, 0.5) is 0 Å². The lowest BCUT2D eigenvalue weighted by Gasteiger charge is -2.12. The van der Waals surface area contributed by atoms with E-state index in [-0.39, 0.29) is 5.92 Å². The maximum absolute atomic E-state index is 9.50. The summed E-state index contributed by atoms with van der Waals surface area (Å²) in [6.45, 7) is 5.72. The molecule has 0 saturated heterocycles. The Morgan fingerprint density at radius 1 is 1.58 bits per heavy atom. The Labute approximate surface area is 73.2 Å². The van der Waals surface area contributed by atoms with Crippen LogP contribution in [-0.2, 0) is 0 Å². The molecule has 0 spiro atoms. The van der Waals surface area contributed by atoms with Gasteiger partial charge in [-0.25, -0.2) is 0 Å². The van der Waals surface area contributed by atoms with Gasteiger partial charge in [-0.15, -0.1) is 0 Å². The highest BCUT2D eigenvalue weighted by molar-refractivity contribution is 5.17. The molecule has 0 amide bonds. The van der Waals surface area contributed by atoms with Gasteiger partial charge in [0.15, 0.2) is 0 Å². The zero-order chi connectivity index (χ0) is 9.14. The summed E-state index contributed by atoms with van der Waals surface area (Å²) in [5.74, 6) is 0.0520. The van der Waals surface area contributed by atoms with Crippen LogP contribution < -0.4 is 0 Å². The van der Waals surface area contributed by atoms with Gasteiger partial charge in [-0.3, -0.25) is 0 Å². The molecular formula is C10H16O2. The molecule has 1 fully saturated rings. The zero-order valence-corrected chi connectivity index (χ0v) is 7.40. The zero-order valence-electron chi connectivity index (χ0n) is 7.40. The Morgan fingerprint density at radius 3 is 2.67 bits per heavy atom. The number of aliphatic hydroxyl groups is 2. The lowest BCUT2D eigenvalue weighted by Crippen LogP contribution is -2.12. The van der Waals surface area contributed by atoms with Crippen molar-refractivity contribution >= 4 is 0 Å². The number of hydrogen-bond acceptors (Lipinski definition) is 2. The molecule has 2 nitrogen and oxygen atoms in total. The molecule has 0 unspecified atom stereocenters. The summed E-state index contributed by atoms with van der Waals surface area (Å²) < 4.78 is 0. The van der Waals surface area contributed by atoms with Gasteiger partial charge >= 0.3 is 0 Å². The first-order valence-corrected chi connectivity index (χ1v) is 4.32. The lowest BCUT2D eigenvalue weighted by atomic mass is 9.98. The van der Waals surface area contributed by atoms with Gasteiger partial charge in [0.2, 0.25) is 0 Å². The third kappa shape index (κ3) is 1.76. The molecule has 2 heteroatoms. The van der Waals surface area contributed by atoms with Crippen molar-refractivity contribution in [2.24, 2.45) is 5.92 Å². The average Bonchev–Trinajstić information content (AvgIpc) is 2.25. The number of allylic oxidation sites excluding steroid dienone is 2. The van der Waals surface area contributed by atoms with Crippen LogP contribution in [0.15, 0.2) is 24.3 Å². The molecule has 0 aromatic rings. The van der Waals surface area contributed by atoms with E-state index in [4.69, 9.17) is 0 Å². The molecule has 3 atom stereocenters. The summed E-state index contributed by atoms with van der Waals surface area (Å²) in [6.07, 6.45) is 4.26. The van der Waals surface area contributed by atoms with Gasteiger partial charge in [-0.05, 0) is 18.9 Å². The van der Waals surface area contributed by atoms with Crippen LogP contribution in [0.2, 0.25) is 0 Å². The monoisotopic (exact) mass is 168 g/mol. The maximum Gasteiger partial charge on any atom is 0.0776 e. The van der Waals surface area contributed by atoms with E-state index in [0.29, 0.717) is 6.42 Å². The van der Waals surface area contributed by atoms with Crippen molar-refractivity contribution < 1.29 is 10.2 Å². The minimum Gasteiger partial charge on any atom is -0.392 e. The Morgan fingerprint density at radius 2 is 2.25 bits per heavy atom. The molecule has 0 aromatic carbocycles. The van der Waals surface area contributed by atoms with Gasteiger partial charge in [0.05, 0.1) is 12.2 Å². The lowest BCUT2D eigenvalue weighted by molar-refractivity contribution is 0.120. The molecule has 0 aliphatic heterocycles. The summed E-state index contributed by atoms with van der Waals surface area (Å²) >= 11 is 0. The van der Waals surface area contributed by atoms with Gasteiger partial charge in [-0.2, -0.15) is 0 Å². The summed E-state index contributed by atoms with van der Waals surface area (Å²) in [5, 5.41) is 18.9. The van der Waals surface area contributed by atoms with Crippen molar-refractivity contribution in [3.05, 3.63) is 24.3 Å². The van der Waals surface area contributed by atoms with Crippen LogP contribution in [0.1, 0.15) is 19.8 Å². The molecule has 1 rings (SSSR count). The van der Waals surface area contributed by atoms with Crippen molar-refractivity contribution in [3.8, 4) is 0 Å². The van der Waals surface area contributed by atoms with E-state index >= 15 is 0 Å². The number of hydrogen-bond donors (Lipinski definition) is 2. The summed E-state index contributed by atoms with van der Waals surface area (Å²) in [7, 11) is 0. The fraction of sp³-hybridized carbons (Fsp3) is 0.600. The first-order chi connectivity index (χ1) is 5.66. The standard InChI is InChI=1S/C10H16O2/c1-3-4-5-8-7(2)9(11)6-10(8)12/h3-4,8-12H,2,5-6H2,1H3/b4-3-/t8-,9-,10+/m1/s1. The summed E-state index contributed by atoms with van der Waals surface area (Å²) in [6, 6.07) is 0. The normalized spacial score (nSPS) is 36.6. The van der Waals surface area contributed by atoms with Crippen LogP contribution in [0.5, 0.6) is 0 Å². The molecule has 0 heterocycles. The summed E-state index contributed by atoms with van der Waals surface area (Å²) in [4.78, 5) is 0. The SMILES string of the molecule is C=C1[C@H](O)C[C@H](O)[C@@H]1C/C=C\C. The maximum atomic E-state index is 9.50. The van der Waals surface area contributed by atoms with E-state index in [1.807, 2.05) is 19.1 Å². The van der Waals surface area contributed by atoms with E-state index in [2.05, 4.69) is 6.58 Å². The van der Waals surface area contributed by atoms with Gasteiger partial charge in [0, 0.05) is 12.3 Å². The molecule has 1 aliphatic carbocycles. The highest BCUT2D eigenvalue weighted by Crippen LogP contribution is 2.33. The van der Waals surface area contributed by atoms with Crippen LogP contribution in [0.25, 0.3) is 0 Å². The largest absolute Gasteiger partial charge is 0.392 e. The minimum absolute atomic E-state index is 0.0520. The third-order valence-corrected chi connectivity index (χ3v) is 2.46. The molecule has 1 saturated carbocycles. The first kappa shape index (κ1) is 9.49. The molecule has 68 valence electrons. The highest BCUT2D eigenvalue weighted by Gasteiger charge is 2.34. The quantitative estimate of drug-likeness (QED) is 0.609. The van der Waals surface area contributed by atoms with E-state index in [1.54, 1.807) is 0 Å². The smallest absolute Gasteiger partial charge is 0.0776 e. The van der Waals surface area contributed by atoms with Crippen LogP contribution >= 0.6 is 0 Å². The van der Waals surface area contributed by atoms with Crippen molar-refractivity contribution in [2.75, 3.05) is 0 Å². The Hall–Kier alpha value is -0.600. The molecule has 0 radical (unpaired) electrons. The molecule has 2 N–H and O–H groups in total. The topological polar surface area (TPSA) is 40.5 Å². The Kier molecular flexibility index (Phi) is 3.06. The van der Waals surface area contributed by atoms with Crippen LogP contribution in [-0.4, -0.2) is 22.4 Å². The van der Waals surface area contributed by atoms with Crippen molar-refractivity contribution in [1.82, 2.24) is 0 Å². The second kappa shape index (κ2) is 3.87. The Bertz CT molecular complexity index is 196. The fourth-order valence-corrected chi connectivity index (χ4v) is 1.63. The second-order valence-corrected chi connectivity index (χ2v) is 3.30. The van der Waals surface area contributed by atoms with E-state index in [1.165, 1.54) is 0 Å². The highest BCUT2D eigenvalue weighted by atomic mass is 16.3. The first-order valence-electron chi connectivity index (χ1n) is 4.32. The molecule has 1 aliphatic rings. The summed E-state index contributed by atoms with van der Waals surface area (Å²) in [5.41, 5.74) is 0.778. The molecular weight excluding hydrogens is 152 g/mol. The van der Waals surface area contributed by atoms with E-state index in [9.17, 15) is 10.2 Å². The van der Waals surface area contributed by atoms with Crippen molar-refractivity contribution in [3.63, 3.8) is 0 Å². The van der Waals surface area contributed by atoms with Gasteiger partial charge in [-0.1, -0.05) is 18.7 Å². The predicted octanol–water partition coefficient (Wildman–Crippen LogP) is 1.25. The van der Waals surface area contributed by atoms with Gasteiger partial charge in [0.25, 0.3) is 0 Å². The van der Waals surface area contributed by atoms with Gasteiger partial charge < -0.3 is 10.2 Å². The predicted molar refractivity (Wildman–Crippen MR) is 48.7 cm³/mol. The fourth-order valence-electron chi connectivity index (χ4n) is 1.63. The van der Waals surface area contributed by atoms with Gasteiger partial charge in [0.1, 0.15) is 0 Å². The molecule has 12 heavy (non-hydrogen) atoms. The van der Waals surface area contributed by atoms with Crippen molar-refractivity contribution in [1.29, 1.82) is 0 Å². The van der Waals surface area contributed by atoms with E-state index < -0.39 is 12.2 Å². The second-order valence-electron chi connectivity index (χ2n) is 3.30. The Balaban J connectivity index is 2.57. The number of aliphatic hydroxyl groups excluding tert-OH is 2.